The molecule has 6 nitrogen and oxygen atoms in total. The molecule has 0 aliphatic carbocycles. The molecule has 3 aromatic rings. The molecular weight excluding hydrogens is 372 g/mol. The summed E-state index contributed by atoms with van der Waals surface area (Å²) in [6.45, 7) is 5.78. The van der Waals surface area contributed by atoms with Crippen LogP contribution in [0, 0.1) is 12.8 Å². The topological polar surface area (TPSA) is 84.0 Å². The van der Waals surface area contributed by atoms with Crippen LogP contribution in [-0.4, -0.2) is 28.1 Å². The summed E-state index contributed by atoms with van der Waals surface area (Å²) in [7, 11) is 0. The Balaban J connectivity index is 1.70. The first-order chi connectivity index (χ1) is 13.4. The molecule has 0 saturated carbocycles. The van der Waals surface area contributed by atoms with Crippen molar-refractivity contribution in [3.05, 3.63) is 65.7 Å². The van der Waals surface area contributed by atoms with Gasteiger partial charge in [0.2, 0.25) is 11.0 Å². The number of amides is 2. The molecule has 1 aromatic heterocycles. The maximum Gasteiger partial charge on any atom is 0.251 e. The summed E-state index contributed by atoms with van der Waals surface area (Å²) in [5.74, 6) is -0.685. The molecule has 0 bridgehead atoms. The number of carbonyl (C=O) groups is 2. The van der Waals surface area contributed by atoms with Crippen LogP contribution in [0.25, 0.3) is 10.6 Å². The minimum atomic E-state index is -0.681. The number of nitrogens with zero attached hydrogens (tertiary/aromatic N) is 2. The van der Waals surface area contributed by atoms with E-state index < -0.39 is 6.04 Å². The van der Waals surface area contributed by atoms with Crippen molar-refractivity contribution in [3.8, 4) is 10.6 Å². The first-order valence-electron chi connectivity index (χ1n) is 9.01. The summed E-state index contributed by atoms with van der Waals surface area (Å²) in [6.07, 6.45) is 0. The van der Waals surface area contributed by atoms with E-state index in [1.54, 1.807) is 24.3 Å². The highest BCUT2D eigenvalue weighted by atomic mass is 32.1. The van der Waals surface area contributed by atoms with E-state index in [-0.39, 0.29) is 17.7 Å². The molecule has 0 aliphatic heterocycles. The van der Waals surface area contributed by atoms with Gasteiger partial charge in [0, 0.05) is 11.1 Å². The normalized spacial score (nSPS) is 11.9. The second-order valence-corrected chi connectivity index (χ2v) is 7.81. The molecule has 144 valence electrons. The Morgan fingerprint density at radius 1 is 1.00 bits per heavy atom. The van der Waals surface area contributed by atoms with Gasteiger partial charge in [-0.3, -0.25) is 14.9 Å². The Hall–Kier alpha value is -3.06. The summed E-state index contributed by atoms with van der Waals surface area (Å²) in [5, 5.41) is 14.9. The van der Waals surface area contributed by atoms with Gasteiger partial charge in [-0.25, -0.2) is 0 Å². The minimum absolute atomic E-state index is 0.0863. The highest BCUT2D eigenvalue weighted by molar-refractivity contribution is 7.18. The number of benzene rings is 2. The maximum absolute atomic E-state index is 12.7. The number of anilines is 1. The molecule has 1 unspecified atom stereocenters. The molecule has 0 saturated heterocycles. The quantitative estimate of drug-likeness (QED) is 0.664. The summed E-state index contributed by atoms with van der Waals surface area (Å²) < 4.78 is 0. The van der Waals surface area contributed by atoms with E-state index in [4.69, 9.17) is 0 Å². The first-order valence-corrected chi connectivity index (χ1v) is 9.83. The lowest BCUT2D eigenvalue weighted by atomic mass is 10.0. The molecule has 28 heavy (non-hydrogen) atoms. The number of aromatic nitrogens is 2. The van der Waals surface area contributed by atoms with Crippen LogP contribution in [0.3, 0.4) is 0 Å². The summed E-state index contributed by atoms with van der Waals surface area (Å²) >= 11 is 1.30. The zero-order chi connectivity index (χ0) is 20.1. The van der Waals surface area contributed by atoms with Crippen LogP contribution in [0.15, 0.2) is 54.6 Å². The van der Waals surface area contributed by atoms with Crippen molar-refractivity contribution in [2.24, 2.45) is 5.92 Å². The zero-order valence-corrected chi connectivity index (χ0v) is 16.8. The minimum Gasteiger partial charge on any atom is -0.340 e. The van der Waals surface area contributed by atoms with Gasteiger partial charge in [-0.15, -0.1) is 10.2 Å². The fourth-order valence-corrected chi connectivity index (χ4v) is 3.44. The Morgan fingerprint density at radius 2 is 1.75 bits per heavy atom. The largest absolute Gasteiger partial charge is 0.340 e. The standard InChI is InChI=1S/C21H22N4O2S/c1-13(2)17(22-18(26)15-9-5-4-6-10-15)19(27)23-21-25-24-20(28-21)16-11-7-8-14(3)12-16/h4-13,17H,1-3H3,(H,22,26)(H,23,25,27). The third kappa shape index (κ3) is 4.80. The van der Waals surface area contributed by atoms with E-state index in [9.17, 15) is 9.59 Å². The van der Waals surface area contributed by atoms with Crippen molar-refractivity contribution in [2.45, 2.75) is 26.8 Å². The van der Waals surface area contributed by atoms with Crippen LogP contribution >= 0.6 is 11.3 Å². The average Bonchev–Trinajstić information content (AvgIpc) is 3.14. The number of hydrogen-bond acceptors (Lipinski definition) is 5. The predicted molar refractivity (Wildman–Crippen MR) is 111 cm³/mol. The number of hydrogen-bond donors (Lipinski definition) is 2. The Morgan fingerprint density at radius 3 is 2.43 bits per heavy atom. The average molecular weight is 395 g/mol. The van der Waals surface area contributed by atoms with Crippen molar-refractivity contribution in [1.29, 1.82) is 0 Å². The molecule has 0 fully saturated rings. The van der Waals surface area contributed by atoms with E-state index in [0.717, 1.165) is 16.1 Å². The second kappa shape index (κ2) is 8.75. The maximum atomic E-state index is 12.7. The number of rotatable bonds is 6. The lowest BCUT2D eigenvalue weighted by Gasteiger charge is -2.21. The van der Waals surface area contributed by atoms with Gasteiger partial charge in [-0.2, -0.15) is 0 Å². The van der Waals surface area contributed by atoms with Crippen LogP contribution in [0.4, 0.5) is 5.13 Å². The van der Waals surface area contributed by atoms with Crippen molar-refractivity contribution in [3.63, 3.8) is 0 Å². The van der Waals surface area contributed by atoms with E-state index in [2.05, 4.69) is 20.8 Å². The fraction of sp³-hybridized carbons (Fsp3) is 0.238. The third-order valence-corrected chi connectivity index (χ3v) is 5.08. The molecule has 3 rings (SSSR count). The van der Waals surface area contributed by atoms with E-state index in [0.29, 0.717) is 10.7 Å². The van der Waals surface area contributed by atoms with Gasteiger partial charge in [-0.1, -0.05) is 67.1 Å². The number of nitrogens with one attached hydrogen (secondary N) is 2. The SMILES string of the molecule is Cc1cccc(-c2nnc(NC(=O)C(NC(=O)c3ccccc3)C(C)C)s2)c1. The molecule has 0 radical (unpaired) electrons. The van der Waals surface area contributed by atoms with Gasteiger partial charge < -0.3 is 5.32 Å². The smallest absolute Gasteiger partial charge is 0.251 e. The third-order valence-electron chi connectivity index (χ3n) is 4.19. The molecule has 0 spiro atoms. The van der Waals surface area contributed by atoms with Gasteiger partial charge in [0.25, 0.3) is 5.91 Å². The van der Waals surface area contributed by atoms with Crippen LogP contribution in [-0.2, 0) is 4.79 Å². The molecule has 2 amide bonds. The molecule has 2 aromatic carbocycles. The predicted octanol–water partition coefficient (Wildman–Crippen LogP) is 3.91. The van der Waals surface area contributed by atoms with E-state index >= 15 is 0 Å². The fourth-order valence-electron chi connectivity index (χ4n) is 2.70. The lowest BCUT2D eigenvalue weighted by Crippen LogP contribution is -2.47. The van der Waals surface area contributed by atoms with Gasteiger partial charge in [0.15, 0.2) is 0 Å². The second-order valence-electron chi connectivity index (χ2n) is 6.83. The van der Waals surface area contributed by atoms with Gasteiger partial charge in [0.1, 0.15) is 11.0 Å². The van der Waals surface area contributed by atoms with Crippen LogP contribution in [0.1, 0.15) is 29.8 Å². The summed E-state index contributed by atoms with van der Waals surface area (Å²) in [6, 6.07) is 16.1. The van der Waals surface area contributed by atoms with E-state index in [1.165, 1.54) is 11.3 Å². The lowest BCUT2D eigenvalue weighted by molar-refractivity contribution is -0.118. The van der Waals surface area contributed by atoms with Gasteiger partial charge in [0.05, 0.1) is 0 Å². The summed E-state index contributed by atoms with van der Waals surface area (Å²) in [5.41, 5.74) is 2.59. The van der Waals surface area contributed by atoms with Gasteiger partial charge >= 0.3 is 0 Å². The van der Waals surface area contributed by atoms with Crippen LogP contribution in [0.5, 0.6) is 0 Å². The van der Waals surface area contributed by atoms with Crippen molar-refractivity contribution in [1.82, 2.24) is 15.5 Å². The first kappa shape index (κ1) is 19.7. The van der Waals surface area contributed by atoms with Crippen LogP contribution < -0.4 is 10.6 Å². The zero-order valence-electron chi connectivity index (χ0n) is 16.0. The Kier molecular flexibility index (Phi) is 6.16. The molecular formula is C21H22N4O2S. The molecule has 2 N–H and O–H groups in total. The Labute approximate surface area is 168 Å². The highest BCUT2D eigenvalue weighted by Crippen LogP contribution is 2.27. The molecule has 1 heterocycles. The monoisotopic (exact) mass is 394 g/mol. The van der Waals surface area contributed by atoms with Crippen molar-refractivity contribution >= 4 is 28.3 Å². The highest BCUT2D eigenvalue weighted by Gasteiger charge is 2.25. The number of carbonyl (C=O) groups excluding carboxylic acids is 2. The molecule has 7 heteroatoms. The van der Waals surface area contributed by atoms with E-state index in [1.807, 2.05) is 51.1 Å². The molecule has 0 aliphatic rings. The van der Waals surface area contributed by atoms with Crippen molar-refractivity contribution in [2.75, 3.05) is 5.32 Å². The summed E-state index contributed by atoms with van der Waals surface area (Å²) in [4.78, 5) is 25.2. The molecule has 1 atom stereocenters. The van der Waals surface area contributed by atoms with Gasteiger partial charge in [-0.05, 0) is 31.0 Å². The van der Waals surface area contributed by atoms with Crippen molar-refractivity contribution < 1.29 is 9.59 Å². The number of aryl methyl sites for hydroxylation is 1. The van der Waals surface area contributed by atoms with Crippen LogP contribution in [0.2, 0.25) is 0 Å². The Bertz CT molecular complexity index is 969.